The van der Waals surface area contributed by atoms with Crippen molar-refractivity contribution >= 4 is 0 Å². The highest BCUT2D eigenvalue weighted by Crippen LogP contribution is 2.24. The molecule has 0 aliphatic heterocycles. The van der Waals surface area contributed by atoms with Crippen LogP contribution in [0.5, 0.6) is 17.4 Å². The van der Waals surface area contributed by atoms with E-state index in [-0.39, 0.29) is 17.2 Å². The van der Waals surface area contributed by atoms with Gasteiger partial charge in [-0.05, 0) is 6.42 Å². The Hall–Kier alpha value is -2.31. The zero-order valence-electron chi connectivity index (χ0n) is 10.2. The normalized spacial score (nSPS) is 10.3. The molecule has 0 saturated heterocycles. The smallest absolute Gasteiger partial charge is 0.297 e. The summed E-state index contributed by atoms with van der Waals surface area (Å²) in [5, 5.41) is 4.12. The molecule has 18 heavy (non-hydrogen) atoms. The highest BCUT2D eigenvalue weighted by atomic mass is 16.5. The Kier molecular flexibility index (Phi) is 3.61. The molecule has 0 atom stereocenters. The molecule has 0 fully saturated rings. The lowest BCUT2D eigenvalue weighted by atomic mass is 10.5. The van der Waals surface area contributed by atoms with Crippen molar-refractivity contribution in [2.45, 2.75) is 19.9 Å². The first-order valence-corrected chi connectivity index (χ1v) is 5.56. The van der Waals surface area contributed by atoms with E-state index >= 15 is 0 Å². The van der Waals surface area contributed by atoms with Gasteiger partial charge in [0.2, 0.25) is 5.75 Å². The van der Waals surface area contributed by atoms with Crippen LogP contribution in [0.2, 0.25) is 0 Å². The van der Waals surface area contributed by atoms with E-state index < -0.39 is 0 Å². The molecule has 2 rings (SSSR count). The van der Waals surface area contributed by atoms with E-state index in [1.165, 1.54) is 13.4 Å². The largest absolute Gasteiger partial charge is 0.487 e. The minimum Gasteiger partial charge on any atom is -0.487 e. The number of aryl methyl sites for hydroxylation is 1. The maximum absolute atomic E-state index is 11.4. The molecule has 0 unspecified atom stereocenters. The Balaban J connectivity index is 2.22. The van der Waals surface area contributed by atoms with Crippen molar-refractivity contribution in [2.75, 3.05) is 7.11 Å². The van der Waals surface area contributed by atoms with Gasteiger partial charge in [-0.3, -0.25) is 9.48 Å². The molecule has 0 saturated carbocycles. The van der Waals surface area contributed by atoms with E-state index in [0.29, 0.717) is 5.75 Å². The van der Waals surface area contributed by atoms with Crippen LogP contribution in [0.4, 0.5) is 0 Å². The molecule has 2 aromatic heterocycles. The fraction of sp³-hybridized carbons (Fsp3) is 0.364. The van der Waals surface area contributed by atoms with E-state index in [4.69, 9.17) is 9.47 Å². The topological polar surface area (TPSA) is 82.0 Å². The molecule has 0 aliphatic rings. The van der Waals surface area contributed by atoms with Gasteiger partial charge in [0.05, 0.1) is 25.8 Å². The van der Waals surface area contributed by atoms with E-state index in [9.17, 15) is 4.79 Å². The summed E-state index contributed by atoms with van der Waals surface area (Å²) < 4.78 is 12.2. The lowest BCUT2D eigenvalue weighted by Crippen LogP contribution is -2.10. The minimum absolute atomic E-state index is 0.0424. The molecule has 7 heteroatoms. The predicted molar refractivity (Wildman–Crippen MR) is 64.0 cm³/mol. The van der Waals surface area contributed by atoms with Gasteiger partial charge in [0.25, 0.3) is 11.4 Å². The third-order valence-corrected chi connectivity index (χ3v) is 2.26. The number of rotatable bonds is 5. The summed E-state index contributed by atoms with van der Waals surface area (Å²) in [7, 11) is 1.39. The molecule has 96 valence electrons. The summed E-state index contributed by atoms with van der Waals surface area (Å²) in [5.74, 6) is 0.679. The van der Waals surface area contributed by atoms with Gasteiger partial charge < -0.3 is 14.5 Å². The summed E-state index contributed by atoms with van der Waals surface area (Å²) in [4.78, 5) is 17.8. The molecule has 0 radical (unpaired) electrons. The number of aromatic nitrogens is 4. The zero-order chi connectivity index (χ0) is 13.0. The highest BCUT2D eigenvalue weighted by Gasteiger charge is 2.12. The van der Waals surface area contributed by atoms with Crippen LogP contribution < -0.4 is 15.0 Å². The third-order valence-electron chi connectivity index (χ3n) is 2.26. The molecular weight excluding hydrogens is 236 g/mol. The van der Waals surface area contributed by atoms with Gasteiger partial charge in [-0.15, -0.1) is 0 Å². The SMILES string of the molecule is CCCn1cc(Oc2nc[nH]c(=O)c2OC)cn1. The summed E-state index contributed by atoms with van der Waals surface area (Å²) in [6, 6.07) is 0. The van der Waals surface area contributed by atoms with E-state index in [1.807, 2.05) is 0 Å². The number of methoxy groups -OCH3 is 1. The Bertz CT molecular complexity index is 576. The first-order chi connectivity index (χ1) is 8.74. The van der Waals surface area contributed by atoms with E-state index in [2.05, 4.69) is 22.0 Å². The quantitative estimate of drug-likeness (QED) is 0.861. The molecule has 0 spiro atoms. The van der Waals surface area contributed by atoms with Gasteiger partial charge in [0.15, 0.2) is 5.75 Å². The van der Waals surface area contributed by atoms with Crippen molar-refractivity contribution in [1.29, 1.82) is 0 Å². The van der Waals surface area contributed by atoms with Crippen LogP contribution in [0, 0.1) is 0 Å². The number of nitrogens with zero attached hydrogens (tertiary/aromatic N) is 3. The first kappa shape index (κ1) is 12.2. The van der Waals surface area contributed by atoms with Crippen LogP contribution in [0.3, 0.4) is 0 Å². The molecule has 2 aromatic rings. The van der Waals surface area contributed by atoms with Crippen molar-refractivity contribution in [3.8, 4) is 17.4 Å². The Morgan fingerprint density at radius 2 is 2.33 bits per heavy atom. The van der Waals surface area contributed by atoms with Gasteiger partial charge in [0.1, 0.15) is 0 Å². The average Bonchev–Trinajstić information content (AvgIpc) is 2.77. The molecular formula is C11H14N4O3. The van der Waals surface area contributed by atoms with E-state index in [1.54, 1.807) is 17.1 Å². The molecule has 0 amide bonds. The van der Waals surface area contributed by atoms with E-state index in [0.717, 1.165) is 13.0 Å². The van der Waals surface area contributed by atoms with Crippen LogP contribution in [0.15, 0.2) is 23.5 Å². The molecule has 7 nitrogen and oxygen atoms in total. The zero-order valence-corrected chi connectivity index (χ0v) is 10.2. The van der Waals surface area contributed by atoms with Crippen LogP contribution in [0.25, 0.3) is 0 Å². The number of aromatic amines is 1. The number of hydrogen-bond acceptors (Lipinski definition) is 5. The van der Waals surface area contributed by atoms with Gasteiger partial charge in [-0.25, -0.2) is 4.98 Å². The molecule has 0 aliphatic carbocycles. The maximum atomic E-state index is 11.4. The van der Waals surface area contributed by atoms with Crippen LogP contribution in [0.1, 0.15) is 13.3 Å². The van der Waals surface area contributed by atoms with Crippen molar-refractivity contribution in [1.82, 2.24) is 19.7 Å². The number of nitrogens with one attached hydrogen (secondary N) is 1. The second-order valence-electron chi connectivity index (χ2n) is 3.61. The van der Waals surface area contributed by atoms with Crippen LogP contribution in [-0.2, 0) is 6.54 Å². The second-order valence-corrected chi connectivity index (χ2v) is 3.61. The molecule has 0 bridgehead atoms. The fourth-order valence-electron chi connectivity index (χ4n) is 1.48. The molecule has 0 aromatic carbocycles. The first-order valence-electron chi connectivity index (χ1n) is 5.56. The van der Waals surface area contributed by atoms with Gasteiger partial charge in [-0.2, -0.15) is 5.10 Å². The van der Waals surface area contributed by atoms with Gasteiger partial charge >= 0.3 is 0 Å². The Morgan fingerprint density at radius 3 is 3.06 bits per heavy atom. The minimum atomic E-state index is -0.386. The summed E-state index contributed by atoms with van der Waals surface area (Å²) in [6.07, 6.45) is 5.55. The Labute approximate surface area is 103 Å². The van der Waals surface area contributed by atoms with Crippen molar-refractivity contribution in [3.63, 3.8) is 0 Å². The monoisotopic (exact) mass is 250 g/mol. The van der Waals surface area contributed by atoms with Crippen molar-refractivity contribution in [2.24, 2.45) is 0 Å². The fourth-order valence-corrected chi connectivity index (χ4v) is 1.48. The molecule has 1 N–H and O–H groups in total. The maximum Gasteiger partial charge on any atom is 0.297 e. The number of hydrogen-bond donors (Lipinski definition) is 1. The number of ether oxygens (including phenoxy) is 2. The standard InChI is InChI=1S/C11H14N4O3/c1-3-4-15-6-8(5-14-15)18-11-9(17-2)10(16)12-7-13-11/h5-7H,3-4H2,1-2H3,(H,12,13,16). The summed E-state index contributed by atoms with van der Waals surface area (Å²) >= 11 is 0. The van der Waals surface area contributed by atoms with Crippen LogP contribution in [-0.4, -0.2) is 26.9 Å². The summed E-state index contributed by atoms with van der Waals surface area (Å²) in [5.41, 5.74) is -0.386. The Morgan fingerprint density at radius 1 is 1.50 bits per heavy atom. The lowest BCUT2D eigenvalue weighted by Gasteiger charge is -2.05. The average molecular weight is 250 g/mol. The van der Waals surface area contributed by atoms with Gasteiger partial charge in [-0.1, -0.05) is 6.92 Å². The lowest BCUT2D eigenvalue weighted by molar-refractivity contribution is 0.362. The van der Waals surface area contributed by atoms with Crippen LogP contribution >= 0.6 is 0 Å². The summed E-state index contributed by atoms with van der Waals surface area (Å²) in [6.45, 7) is 2.87. The van der Waals surface area contributed by atoms with Crippen molar-refractivity contribution < 1.29 is 9.47 Å². The highest BCUT2D eigenvalue weighted by molar-refractivity contribution is 5.33. The van der Waals surface area contributed by atoms with Crippen molar-refractivity contribution in [3.05, 3.63) is 29.1 Å². The molecule has 2 heterocycles. The predicted octanol–water partition coefficient (Wildman–Crippen LogP) is 1.18. The number of H-pyrrole nitrogens is 1. The van der Waals surface area contributed by atoms with Gasteiger partial charge in [0, 0.05) is 6.54 Å². The second kappa shape index (κ2) is 5.35. The third kappa shape index (κ3) is 2.50.